The number of amides is 3. The molecule has 322 valence electrons. The third kappa shape index (κ3) is 14.3. The summed E-state index contributed by atoms with van der Waals surface area (Å²) in [5, 5.41) is 6.18. The van der Waals surface area contributed by atoms with Crippen molar-refractivity contribution in [2.24, 2.45) is 52.1 Å². The van der Waals surface area contributed by atoms with Crippen LogP contribution in [-0.2, 0) is 14.3 Å². The van der Waals surface area contributed by atoms with Crippen LogP contribution in [0.3, 0.4) is 0 Å². The maximum atomic E-state index is 12.8. The average molecular weight is 782 g/mol. The molecule has 3 amide bonds. The molecule has 0 spiro atoms. The van der Waals surface area contributed by atoms with Crippen LogP contribution in [0.4, 0.5) is 4.79 Å². The van der Waals surface area contributed by atoms with E-state index in [1.54, 1.807) is 0 Å². The highest BCUT2D eigenvalue weighted by Gasteiger charge is 2.60. The molecule has 0 saturated heterocycles. The molecule has 0 heterocycles. The lowest BCUT2D eigenvalue weighted by molar-refractivity contribution is -0.130. The number of allylic oxidation sites excluding steroid dienone is 2. The van der Waals surface area contributed by atoms with Crippen molar-refractivity contribution in [3.63, 3.8) is 0 Å². The molecule has 4 aliphatic rings. The van der Waals surface area contributed by atoms with Crippen molar-refractivity contribution in [1.29, 1.82) is 0 Å². The largest absolute Gasteiger partial charge is 0.446 e. The summed E-state index contributed by atoms with van der Waals surface area (Å²) in [5.74, 6) is 4.29. The number of hydrogen-bond acceptors (Lipinski definition) is 4. The van der Waals surface area contributed by atoms with E-state index in [-0.39, 0.29) is 24.0 Å². The monoisotopic (exact) mass is 782 g/mol. The predicted octanol–water partition coefficient (Wildman–Crippen LogP) is 12.4. The van der Waals surface area contributed by atoms with Crippen molar-refractivity contribution in [3.05, 3.63) is 12.2 Å². The quantitative estimate of drug-likeness (QED) is 0.0569. The standard InChI is InChI=1S/C49H87N3O4/c1-5-6-7-8-9-10-11-12-13-14-15-16-17-18-19-22-36-52-47(55)56-40-31-33-48(3)39(37-40)26-27-41-43-29-28-42(49(43,4)34-32-44(41)48)38(2)25-30-46(54)51-35-23-20-21-24-45(50)53/h12-13,38-44H,5-11,14-37H2,1-4H3,(H2,50,53)(H,51,54)(H,52,55)/b13-12-/t38-,39?,40-,41?,42-,43?,44?,48+,49-/m1/s1. The minimum atomic E-state index is -0.245. The van der Waals surface area contributed by atoms with Gasteiger partial charge in [0.2, 0.25) is 11.8 Å². The van der Waals surface area contributed by atoms with Gasteiger partial charge in [0.1, 0.15) is 6.10 Å². The minimum Gasteiger partial charge on any atom is -0.446 e. The molecule has 4 N–H and O–H groups in total. The van der Waals surface area contributed by atoms with Gasteiger partial charge in [0.05, 0.1) is 0 Å². The van der Waals surface area contributed by atoms with E-state index in [0.717, 1.165) is 69.2 Å². The van der Waals surface area contributed by atoms with E-state index < -0.39 is 0 Å². The van der Waals surface area contributed by atoms with Gasteiger partial charge in [0.25, 0.3) is 0 Å². The molecule has 4 unspecified atom stereocenters. The molecule has 0 aromatic carbocycles. The van der Waals surface area contributed by atoms with Gasteiger partial charge in [-0.1, -0.05) is 104 Å². The molecular formula is C49H87N3O4. The maximum absolute atomic E-state index is 12.8. The topological polar surface area (TPSA) is 111 Å². The summed E-state index contributed by atoms with van der Waals surface area (Å²) in [6.07, 6.45) is 38.6. The number of carbonyl (C=O) groups excluding carboxylic acids is 3. The number of unbranched alkanes of at least 4 members (excludes halogenated alkanes) is 14. The van der Waals surface area contributed by atoms with Crippen LogP contribution < -0.4 is 16.4 Å². The lowest BCUT2D eigenvalue weighted by Gasteiger charge is -2.61. The molecule has 4 saturated carbocycles. The fourth-order valence-corrected chi connectivity index (χ4v) is 12.5. The number of hydrogen-bond donors (Lipinski definition) is 3. The SMILES string of the molecule is CCCCCCCC/C=C\CCCCCCCCNC(=O)O[C@@H]1CC[C@@]2(C)C(CCC3C2CC[C@@]2(C)C3CC[C@@H]2[C@H](C)CCC(=O)NCCCCCC(N)=O)C1. The van der Waals surface area contributed by atoms with Crippen molar-refractivity contribution in [3.8, 4) is 0 Å². The first kappa shape index (κ1) is 46.6. The summed E-state index contributed by atoms with van der Waals surface area (Å²) in [6, 6.07) is 0. The Balaban J connectivity index is 1.06. The third-order valence-corrected chi connectivity index (χ3v) is 15.9. The van der Waals surface area contributed by atoms with Crippen molar-refractivity contribution in [1.82, 2.24) is 10.6 Å². The van der Waals surface area contributed by atoms with E-state index in [0.29, 0.717) is 48.0 Å². The molecule has 0 aromatic heterocycles. The molecule has 0 aliphatic heterocycles. The van der Waals surface area contributed by atoms with Gasteiger partial charge >= 0.3 is 6.09 Å². The number of primary amides is 1. The molecule has 7 nitrogen and oxygen atoms in total. The zero-order chi connectivity index (χ0) is 40.2. The zero-order valence-electron chi connectivity index (χ0n) is 36.8. The van der Waals surface area contributed by atoms with E-state index in [1.807, 2.05) is 0 Å². The highest BCUT2D eigenvalue weighted by atomic mass is 16.6. The van der Waals surface area contributed by atoms with Crippen LogP contribution in [-0.4, -0.2) is 37.1 Å². The normalized spacial score (nSPS) is 30.3. The highest BCUT2D eigenvalue weighted by Crippen LogP contribution is 2.68. The Morgan fingerprint density at radius 2 is 1.30 bits per heavy atom. The minimum absolute atomic E-state index is 0.0640. The second-order valence-electron chi connectivity index (χ2n) is 19.7. The Labute approximate surface area is 344 Å². The van der Waals surface area contributed by atoms with Crippen molar-refractivity contribution >= 4 is 17.9 Å². The summed E-state index contributed by atoms with van der Waals surface area (Å²) in [4.78, 5) is 36.4. The Bertz CT molecular complexity index is 1190. The number of nitrogens with two attached hydrogens (primary N) is 1. The highest BCUT2D eigenvalue weighted by molar-refractivity contribution is 5.75. The first-order valence-electron chi connectivity index (χ1n) is 24.2. The van der Waals surface area contributed by atoms with E-state index in [4.69, 9.17) is 10.5 Å². The molecule has 4 aliphatic carbocycles. The molecule has 56 heavy (non-hydrogen) atoms. The Kier molecular flexibility index (Phi) is 20.6. The maximum Gasteiger partial charge on any atom is 0.407 e. The van der Waals surface area contributed by atoms with Crippen LogP contribution in [0, 0.1) is 46.3 Å². The first-order chi connectivity index (χ1) is 27.1. The number of ether oxygens (including phenoxy) is 1. The molecule has 0 aromatic rings. The van der Waals surface area contributed by atoms with Gasteiger partial charge in [0.15, 0.2) is 0 Å². The van der Waals surface area contributed by atoms with Crippen LogP contribution in [0.15, 0.2) is 12.2 Å². The van der Waals surface area contributed by atoms with Gasteiger partial charge in [-0.15, -0.1) is 0 Å². The molecular weight excluding hydrogens is 695 g/mol. The summed E-state index contributed by atoms with van der Waals surface area (Å²) >= 11 is 0. The number of fused-ring (bicyclic) bond motifs is 5. The number of alkyl carbamates (subject to hydrolysis) is 1. The zero-order valence-corrected chi connectivity index (χ0v) is 36.8. The average Bonchev–Trinajstić information content (AvgIpc) is 3.53. The Morgan fingerprint density at radius 3 is 2.00 bits per heavy atom. The smallest absolute Gasteiger partial charge is 0.407 e. The summed E-state index contributed by atoms with van der Waals surface area (Å²) < 4.78 is 6.06. The first-order valence-corrected chi connectivity index (χ1v) is 24.2. The van der Waals surface area contributed by atoms with E-state index in [2.05, 4.69) is 50.5 Å². The fraction of sp³-hybridized carbons (Fsp3) is 0.898. The van der Waals surface area contributed by atoms with Crippen LogP contribution in [0.25, 0.3) is 0 Å². The van der Waals surface area contributed by atoms with Gasteiger partial charge in [-0.25, -0.2) is 4.79 Å². The Morgan fingerprint density at radius 1 is 0.696 bits per heavy atom. The van der Waals surface area contributed by atoms with Gasteiger partial charge in [0, 0.05) is 25.9 Å². The number of carbonyl (C=O) groups is 3. The molecule has 0 radical (unpaired) electrons. The number of rotatable bonds is 27. The second kappa shape index (κ2) is 24.8. The summed E-state index contributed by atoms with van der Waals surface area (Å²) in [7, 11) is 0. The molecule has 4 fully saturated rings. The molecule has 4 rings (SSSR count). The van der Waals surface area contributed by atoms with Crippen LogP contribution in [0.2, 0.25) is 0 Å². The number of nitrogens with one attached hydrogen (secondary N) is 2. The van der Waals surface area contributed by atoms with E-state index in [9.17, 15) is 14.4 Å². The van der Waals surface area contributed by atoms with Gasteiger partial charge in [-0.05, 0) is 155 Å². The molecule has 9 atom stereocenters. The second-order valence-corrected chi connectivity index (χ2v) is 19.7. The lowest BCUT2D eigenvalue weighted by Crippen LogP contribution is -2.54. The van der Waals surface area contributed by atoms with E-state index >= 15 is 0 Å². The van der Waals surface area contributed by atoms with Crippen LogP contribution in [0.1, 0.15) is 214 Å². The molecule has 0 bridgehead atoms. The van der Waals surface area contributed by atoms with Gasteiger partial charge < -0.3 is 21.1 Å². The van der Waals surface area contributed by atoms with Crippen LogP contribution >= 0.6 is 0 Å². The summed E-state index contributed by atoms with van der Waals surface area (Å²) in [6.45, 7) is 11.3. The van der Waals surface area contributed by atoms with Crippen LogP contribution in [0.5, 0.6) is 0 Å². The summed E-state index contributed by atoms with van der Waals surface area (Å²) in [5.41, 5.74) is 5.98. The fourth-order valence-electron chi connectivity index (χ4n) is 12.5. The Hall–Kier alpha value is -2.05. The van der Waals surface area contributed by atoms with Crippen molar-refractivity contribution < 1.29 is 19.1 Å². The lowest BCUT2D eigenvalue weighted by atomic mass is 9.44. The molecule has 7 heteroatoms. The van der Waals surface area contributed by atoms with E-state index in [1.165, 1.54) is 128 Å². The van der Waals surface area contributed by atoms with Gasteiger partial charge in [-0.2, -0.15) is 0 Å². The predicted molar refractivity (Wildman–Crippen MR) is 232 cm³/mol. The third-order valence-electron chi connectivity index (χ3n) is 15.9. The van der Waals surface area contributed by atoms with Crippen molar-refractivity contribution in [2.75, 3.05) is 13.1 Å². The van der Waals surface area contributed by atoms with Gasteiger partial charge in [-0.3, -0.25) is 9.59 Å². The van der Waals surface area contributed by atoms with Crippen molar-refractivity contribution in [2.45, 2.75) is 220 Å².